The second-order valence-electron chi connectivity index (χ2n) is 4.06. The second kappa shape index (κ2) is 4.10. The standard InChI is InChI=1S/C12H9ClN4O2/c1-17-8-4-6(13)2-3-7(8)16-11(17)9-10(12(18)19)15-5-14-9/h2-5H,1H3,(H,14,15)(H,18,19). The molecule has 0 spiro atoms. The van der Waals surface area contributed by atoms with Gasteiger partial charge in [0.05, 0.1) is 17.4 Å². The smallest absolute Gasteiger partial charge is 0.354 e. The molecular formula is C12H9ClN4O2. The van der Waals surface area contributed by atoms with Crippen LogP contribution in [0.1, 0.15) is 10.5 Å². The highest BCUT2D eigenvalue weighted by Gasteiger charge is 2.19. The molecule has 19 heavy (non-hydrogen) atoms. The molecule has 0 saturated carbocycles. The van der Waals surface area contributed by atoms with Crippen LogP contribution in [-0.2, 0) is 7.05 Å². The minimum absolute atomic E-state index is 0.0181. The monoisotopic (exact) mass is 276 g/mol. The van der Waals surface area contributed by atoms with Crippen molar-refractivity contribution in [1.82, 2.24) is 19.5 Å². The summed E-state index contributed by atoms with van der Waals surface area (Å²) in [5, 5.41) is 9.70. The van der Waals surface area contributed by atoms with Crippen LogP contribution in [0.2, 0.25) is 5.02 Å². The molecule has 3 rings (SSSR count). The normalized spacial score (nSPS) is 11.1. The average molecular weight is 277 g/mol. The fourth-order valence-electron chi connectivity index (χ4n) is 2.00. The highest BCUT2D eigenvalue weighted by atomic mass is 35.5. The van der Waals surface area contributed by atoms with Gasteiger partial charge in [0.25, 0.3) is 0 Å². The van der Waals surface area contributed by atoms with E-state index in [1.807, 2.05) is 0 Å². The molecule has 0 radical (unpaired) electrons. The largest absolute Gasteiger partial charge is 0.477 e. The lowest BCUT2D eigenvalue weighted by Crippen LogP contribution is -2.02. The van der Waals surface area contributed by atoms with Crippen LogP contribution in [0.25, 0.3) is 22.6 Å². The van der Waals surface area contributed by atoms with Gasteiger partial charge in [0, 0.05) is 12.1 Å². The van der Waals surface area contributed by atoms with Gasteiger partial charge in [-0.2, -0.15) is 0 Å². The van der Waals surface area contributed by atoms with Gasteiger partial charge in [-0.3, -0.25) is 0 Å². The van der Waals surface area contributed by atoms with E-state index in [1.54, 1.807) is 29.8 Å². The Labute approximate surface area is 112 Å². The van der Waals surface area contributed by atoms with Gasteiger partial charge in [-0.25, -0.2) is 14.8 Å². The molecule has 0 atom stereocenters. The fraction of sp³-hybridized carbons (Fsp3) is 0.0833. The Balaban J connectivity index is 2.28. The van der Waals surface area contributed by atoms with Crippen molar-refractivity contribution in [3.8, 4) is 11.5 Å². The molecule has 0 saturated heterocycles. The van der Waals surface area contributed by atoms with Gasteiger partial charge in [0.1, 0.15) is 5.69 Å². The number of hydrogen-bond donors (Lipinski definition) is 2. The quantitative estimate of drug-likeness (QED) is 0.752. The van der Waals surface area contributed by atoms with Crippen molar-refractivity contribution in [3.63, 3.8) is 0 Å². The summed E-state index contributed by atoms with van der Waals surface area (Å²) in [6.07, 6.45) is 1.34. The summed E-state index contributed by atoms with van der Waals surface area (Å²) >= 11 is 5.95. The number of hydrogen-bond acceptors (Lipinski definition) is 3. The maximum absolute atomic E-state index is 11.1. The van der Waals surface area contributed by atoms with Crippen molar-refractivity contribution < 1.29 is 9.90 Å². The van der Waals surface area contributed by atoms with E-state index in [0.717, 1.165) is 11.0 Å². The number of carbonyl (C=O) groups is 1. The number of carboxylic acid groups (broad SMARTS) is 1. The summed E-state index contributed by atoms with van der Waals surface area (Å²) in [7, 11) is 1.79. The molecule has 1 aromatic carbocycles. The van der Waals surface area contributed by atoms with E-state index in [9.17, 15) is 4.79 Å². The summed E-state index contributed by atoms with van der Waals surface area (Å²) in [4.78, 5) is 22.1. The third-order valence-electron chi connectivity index (χ3n) is 2.91. The molecule has 2 heterocycles. The zero-order valence-corrected chi connectivity index (χ0v) is 10.6. The van der Waals surface area contributed by atoms with Gasteiger partial charge in [0.15, 0.2) is 11.5 Å². The van der Waals surface area contributed by atoms with Crippen LogP contribution < -0.4 is 0 Å². The summed E-state index contributed by atoms with van der Waals surface area (Å²) in [5.41, 5.74) is 1.88. The molecule has 0 amide bonds. The average Bonchev–Trinajstić information content (AvgIpc) is 2.95. The van der Waals surface area contributed by atoms with Crippen LogP contribution in [0.3, 0.4) is 0 Å². The molecule has 0 unspecified atom stereocenters. The van der Waals surface area contributed by atoms with Gasteiger partial charge < -0.3 is 14.7 Å². The highest BCUT2D eigenvalue weighted by Crippen LogP contribution is 2.26. The Bertz CT molecular complexity index is 790. The molecule has 0 bridgehead atoms. The lowest BCUT2D eigenvalue weighted by atomic mass is 10.3. The van der Waals surface area contributed by atoms with Crippen LogP contribution >= 0.6 is 11.6 Å². The minimum atomic E-state index is -1.07. The van der Waals surface area contributed by atoms with Crippen LogP contribution in [0.5, 0.6) is 0 Å². The van der Waals surface area contributed by atoms with Crippen LogP contribution in [0.4, 0.5) is 0 Å². The molecule has 2 aromatic heterocycles. The predicted molar refractivity (Wildman–Crippen MR) is 70.3 cm³/mol. The molecule has 7 heteroatoms. The maximum Gasteiger partial charge on any atom is 0.354 e. The van der Waals surface area contributed by atoms with Crippen LogP contribution in [0.15, 0.2) is 24.5 Å². The van der Waals surface area contributed by atoms with Crippen LogP contribution in [0, 0.1) is 0 Å². The van der Waals surface area contributed by atoms with E-state index in [2.05, 4.69) is 15.0 Å². The van der Waals surface area contributed by atoms with Crippen molar-refractivity contribution in [2.24, 2.45) is 7.05 Å². The van der Waals surface area contributed by atoms with Gasteiger partial charge in [-0.15, -0.1) is 0 Å². The van der Waals surface area contributed by atoms with Crippen LogP contribution in [-0.4, -0.2) is 30.6 Å². The van der Waals surface area contributed by atoms with Gasteiger partial charge in [0.2, 0.25) is 0 Å². The molecule has 2 N–H and O–H groups in total. The van der Waals surface area contributed by atoms with E-state index in [4.69, 9.17) is 16.7 Å². The van der Waals surface area contributed by atoms with Gasteiger partial charge in [-0.1, -0.05) is 11.6 Å². The Hall–Kier alpha value is -2.34. The summed E-state index contributed by atoms with van der Waals surface area (Å²) in [6.45, 7) is 0. The number of fused-ring (bicyclic) bond motifs is 1. The first kappa shape index (κ1) is 11.7. The summed E-state index contributed by atoms with van der Waals surface area (Å²) in [5.74, 6) is -0.589. The number of aromatic nitrogens is 4. The number of imidazole rings is 2. The predicted octanol–water partition coefficient (Wildman–Crippen LogP) is 2.32. The number of aromatic carboxylic acids is 1. The molecule has 3 aromatic rings. The molecule has 0 aliphatic heterocycles. The first-order valence-corrected chi connectivity index (χ1v) is 5.84. The Morgan fingerprint density at radius 1 is 1.47 bits per heavy atom. The van der Waals surface area contributed by atoms with E-state index in [0.29, 0.717) is 16.5 Å². The SMILES string of the molecule is Cn1c(-c2nc[nH]c2C(=O)O)nc2ccc(Cl)cc21. The Kier molecular flexibility index (Phi) is 2.53. The number of carboxylic acids is 1. The second-order valence-corrected chi connectivity index (χ2v) is 4.50. The number of benzene rings is 1. The topological polar surface area (TPSA) is 83.8 Å². The number of nitrogens with one attached hydrogen (secondary N) is 1. The fourth-order valence-corrected chi connectivity index (χ4v) is 2.17. The Morgan fingerprint density at radius 3 is 3.00 bits per heavy atom. The third kappa shape index (κ3) is 1.77. The highest BCUT2D eigenvalue weighted by molar-refractivity contribution is 6.31. The Morgan fingerprint density at radius 2 is 2.26 bits per heavy atom. The molecular weight excluding hydrogens is 268 g/mol. The number of aryl methyl sites for hydroxylation is 1. The van der Waals surface area contributed by atoms with Crippen molar-refractivity contribution in [3.05, 3.63) is 35.2 Å². The number of halogens is 1. The van der Waals surface area contributed by atoms with Crippen molar-refractivity contribution in [1.29, 1.82) is 0 Å². The number of aromatic amines is 1. The lowest BCUT2D eigenvalue weighted by molar-refractivity contribution is 0.0692. The third-order valence-corrected chi connectivity index (χ3v) is 3.14. The molecule has 0 aliphatic carbocycles. The van der Waals surface area contributed by atoms with E-state index >= 15 is 0 Å². The number of H-pyrrole nitrogens is 1. The summed E-state index contributed by atoms with van der Waals surface area (Å²) in [6, 6.07) is 5.30. The zero-order chi connectivity index (χ0) is 13.6. The molecule has 96 valence electrons. The molecule has 6 nitrogen and oxygen atoms in total. The van der Waals surface area contributed by atoms with Gasteiger partial charge in [-0.05, 0) is 18.2 Å². The van der Waals surface area contributed by atoms with Crippen molar-refractivity contribution >= 4 is 28.6 Å². The zero-order valence-electron chi connectivity index (χ0n) is 9.88. The van der Waals surface area contributed by atoms with Crippen molar-refractivity contribution in [2.45, 2.75) is 0 Å². The maximum atomic E-state index is 11.1. The molecule has 0 fully saturated rings. The van der Waals surface area contributed by atoms with Gasteiger partial charge >= 0.3 is 5.97 Å². The lowest BCUT2D eigenvalue weighted by Gasteiger charge is -2.00. The van der Waals surface area contributed by atoms with E-state index < -0.39 is 5.97 Å². The summed E-state index contributed by atoms with van der Waals surface area (Å²) < 4.78 is 1.77. The first-order valence-electron chi connectivity index (χ1n) is 5.47. The number of nitrogens with zero attached hydrogens (tertiary/aromatic N) is 3. The van der Waals surface area contributed by atoms with E-state index in [1.165, 1.54) is 6.33 Å². The number of rotatable bonds is 2. The molecule has 0 aliphatic rings. The minimum Gasteiger partial charge on any atom is -0.477 e. The first-order chi connectivity index (χ1) is 9.08. The van der Waals surface area contributed by atoms with E-state index in [-0.39, 0.29) is 5.69 Å². The van der Waals surface area contributed by atoms with Crippen molar-refractivity contribution in [2.75, 3.05) is 0 Å².